The topological polar surface area (TPSA) is 29.3 Å². The first-order valence-electron chi connectivity index (χ1n) is 4.71. The molecule has 1 rings (SSSR count). The predicted molar refractivity (Wildman–Crippen MR) is 60.0 cm³/mol. The van der Waals surface area contributed by atoms with Gasteiger partial charge in [0.2, 0.25) is 0 Å². The summed E-state index contributed by atoms with van der Waals surface area (Å²) in [5.41, 5.74) is 7.96. The second-order valence-corrected chi connectivity index (χ2v) is 2.73. The van der Waals surface area contributed by atoms with Gasteiger partial charge < -0.3 is 10.6 Å². The zero-order valence-electron chi connectivity index (χ0n) is 9.49. The van der Waals surface area contributed by atoms with Gasteiger partial charge in [-0.15, -0.1) is 0 Å². The molecule has 0 saturated carbocycles. The van der Waals surface area contributed by atoms with E-state index in [-0.39, 0.29) is 18.6 Å². The molecule has 0 aliphatic rings. The van der Waals surface area contributed by atoms with Gasteiger partial charge in [0.1, 0.15) is 0 Å². The molecule has 0 bridgehead atoms. The van der Waals surface area contributed by atoms with Gasteiger partial charge in [0.25, 0.3) is 0 Å². The molecule has 0 spiro atoms. The Morgan fingerprint density at radius 3 is 2.00 bits per heavy atom. The van der Waals surface area contributed by atoms with E-state index in [4.69, 9.17) is 5.73 Å². The summed E-state index contributed by atoms with van der Waals surface area (Å²) in [5.74, 6) is 0. The van der Waals surface area contributed by atoms with Gasteiger partial charge in [0.05, 0.1) is 0 Å². The van der Waals surface area contributed by atoms with Crippen molar-refractivity contribution in [2.75, 3.05) is 19.0 Å². The summed E-state index contributed by atoms with van der Waals surface area (Å²) in [7, 11) is 4.04. The Kier molecular flexibility index (Phi) is 10.4. The van der Waals surface area contributed by atoms with E-state index in [0.717, 1.165) is 0 Å². The van der Waals surface area contributed by atoms with Crippen LogP contribution in [0.15, 0.2) is 24.3 Å². The molecule has 79 valence electrons. The molecule has 2 nitrogen and oxygen atoms in total. The van der Waals surface area contributed by atoms with Gasteiger partial charge in [-0.1, -0.05) is 32.0 Å². The van der Waals surface area contributed by atoms with E-state index >= 15 is 0 Å². The maximum Gasteiger partial charge on any atom is 0.0406 e. The number of benzene rings is 1. The molecule has 0 unspecified atom stereocenters. The van der Waals surface area contributed by atoms with Crippen LogP contribution in [-0.4, -0.2) is 14.1 Å². The van der Waals surface area contributed by atoms with Crippen molar-refractivity contribution in [1.29, 1.82) is 0 Å². The molecule has 1 aromatic rings. The van der Waals surface area contributed by atoms with Crippen LogP contribution in [0.5, 0.6) is 0 Å². The maximum atomic E-state index is 5.56. The van der Waals surface area contributed by atoms with E-state index in [1.165, 1.54) is 11.3 Å². The SMILES string of the molecule is CC.CN(C)c1ccccc1CN.[V]. The van der Waals surface area contributed by atoms with Crippen LogP contribution in [-0.2, 0) is 25.1 Å². The molecule has 1 radical (unpaired) electrons. The van der Waals surface area contributed by atoms with E-state index in [9.17, 15) is 0 Å². The van der Waals surface area contributed by atoms with Crippen molar-refractivity contribution >= 4 is 5.69 Å². The minimum absolute atomic E-state index is 0. The number of nitrogens with zero attached hydrogens (tertiary/aromatic N) is 1. The van der Waals surface area contributed by atoms with Gasteiger partial charge in [-0.25, -0.2) is 0 Å². The van der Waals surface area contributed by atoms with E-state index < -0.39 is 0 Å². The Balaban J connectivity index is 0. The number of nitrogens with two attached hydrogens (primary N) is 1. The van der Waals surface area contributed by atoms with E-state index in [1.54, 1.807) is 0 Å². The van der Waals surface area contributed by atoms with E-state index in [2.05, 4.69) is 17.0 Å². The molecule has 0 aromatic heterocycles. The normalized spacial score (nSPS) is 8.07. The average Bonchev–Trinajstić information content (AvgIpc) is 2.20. The molecule has 0 fully saturated rings. The Morgan fingerprint density at radius 1 is 1.14 bits per heavy atom. The van der Waals surface area contributed by atoms with Gasteiger partial charge in [0, 0.05) is 44.9 Å². The van der Waals surface area contributed by atoms with Crippen LogP contribution in [0.3, 0.4) is 0 Å². The smallest absolute Gasteiger partial charge is 0.0406 e. The Morgan fingerprint density at radius 2 is 1.64 bits per heavy atom. The molecular formula is C11H20N2V. The van der Waals surface area contributed by atoms with Gasteiger partial charge in [-0.05, 0) is 11.6 Å². The van der Waals surface area contributed by atoms with Gasteiger partial charge in [0.15, 0.2) is 0 Å². The fourth-order valence-electron chi connectivity index (χ4n) is 1.12. The van der Waals surface area contributed by atoms with Crippen molar-refractivity contribution in [3.05, 3.63) is 29.8 Å². The summed E-state index contributed by atoms with van der Waals surface area (Å²) in [5, 5.41) is 0. The Labute approximate surface area is 99.4 Å². The number of rotatable bonds is 2. The molecule has 0 aliphatic heterocycles. The van der Waals surface area contributed by atoms with Crippen molar-refractivity contribution in [2.45, 2.75) is 20.4 Å². The first-order chi connectivity index (χ1) is 6.25. The van der Waals surface area contributed by atoms with Crippen LogP contribution in [0.2, 0.25) is 0 Å². The summed E-state index contributed by atoms with van der Waals surface area (Å²) in [4.78, 5) is 2.07. The zero-order valence-corrected chi connectivity index (χ0v) is 10.9. The van der Waals surface area contributed by atoms with Gasteiger partial charge in [-0.2, -0.15) is 0 Å². The predicted octanol–water partition coefficient (Wildman–Crippen LogP) is 2.23. The zero-order chi connectivity index (χ0) is 10.3. The molecule has 0 saturated heterocycles. The first-order valence-corrected chi connectivity index (χ1v) is 4.71. The summed E-state index contributed by atoms with van der Waals surface area (Å²) in [6.07, 6.45) is 0. The molecule has 0 amide bonds. The molecule has 0 atom stereocenters. The second kappa shape index (κ2) is 9.13. The molecule has 1 aromatic carbocycles. The monoisotopic (exact) mass is 231 g/mol. The van der Waals surface area contributed by atoms with Crippen LogP contribution < -0.4 is 10.6 Å². The van der Waals surface area contributed by atoms with Crippen molar-refractivity contribution in [2.24, 2.45) is 5.73 Å². The summed E-state index contributed by atoms with van der Waals surface area (Å²) < 4.78 is 0. The fraction of sp³-hybridized carbons (Fsp3) is 0.455. The number of para-hydroxylation sites is 1. The van der Waals surface area contributed by atoms with Crippen LogP contribution >= 0.6 is 0 Å². The summed E-state index contributed by atoms with van der Waals surface area (Å²) in [6.45, 7) is 4.61. The number of anilines is 1. The van der Waals surface area contributed by atoms with Gasteiger partial charge >= 0.3 is 0 Å². The minimum atomic E-state index is 0. The fourth-order valence-corrected chi connectivity index (χ4v) is 1.12. The van der Waals surface area contributed by atoms with Crippen molar-refractivity contribution in [1.82, 2.24) is 0 Å². The first kappa shape index (κ1) is 16.0. The largest absolute Gasteiger partial charge is 0.377 e. The summed E-state index contributed by atoms with van der Waals surface area (Å²) >= 11 is 0. The van der Waals surface area contributed by atoms with Crippen molar-refractivity contribution in [3.63, 3.8) is 0 Å². The third kappa shape index (κ3) is 4.70. The Bertz CT molecular complexity index is 236. The van der Waals surface area contributed by atoms with Crippen molar-refractivity contribution in [3.8, 4) is 0 Å². The molecule has 2 N–H and O–H groups in total. The van der Waals surface area contributed by atoms with Crippen LogP contribution in [0, 0.1) is 0 Å². The molecular weight excluding hydrogens is 211 g/mol. The summed E-state index contributed by atoms with van der Waals surface area (Å²) in [6, 6.07) is 8.15. The van der Waals surface area contributed by atoms with Gasteiger partial charge in [-0.3, -0.25) is 0 Å². The van der Waals surface area contributed by atoms with Crippen LogP contribution in [0.1, 0.15) is 19.4 Å². The Hall–Kier alpha value is -0.436. The minimum Gasteiger partial charge on any atom is -0.377 e. The third-order valence-electron chi connectivity index (χ3n) is 1.69. The molecule has 0 heterocycles. The average molecular weight is 231 g/mol. The molecule has 3 heteroatoms. The van der Waals surface area contributed by atoms with Crippen molar-refractivity contribution < 1.29 is 18.6 Å². The van der Waals surface area contributed by atoms with E-state index in [0.29, 0.717) is 6.54 Å². The molecule has 14 heavy (non-hydrogen) atoms. The number of hydrogen-bond donors (Lipinski definition) is 1. The van der Waals surface area contributed by atoms with Crippen LogP contribution in [0.4, 0.5) is 5.69 Å². The quantitative estimate of drug-likeness (QED) is 0.845. The van der Waals surface area contributed by atoms with E-state index in [1.807, 2.05) is 40.1 Å². The third-order valence-corrected chi connectivity index (χ3v) is 1.69. The maximum absolute atomic E-state index is 5.56. The molecule has 0 aliphatic carbocycles. The second-order valence-electron chi connectivity index (χ2n) is 2.73. The van der Waals surface area contributed by atoms with Crippen LogP contribution in [0.25, 0.3) is 0 Å². The number of hydrogen-bond acceptors (Lipinski definition) is 2. The standard InChI is InChI=1S/C9H14N2.C2H6.V/c1-11(2)9-6-4-3-5-8(9)7-10;1-2;/h3-6H,7,10H2,1-2H3;1-2H3;.